The molecule has 1 aromatic carbocycles. The SMILES string of the molecule is O=c1ccc2cc(S(=O)(=O)NCCNc3ncc(C(F)(F)F)cc3Cl)ccc2o1. The van der Waals surface area contributed by atoms with Crippen molar-refractivity contribution in [1.82, 2.24) is 9.71 Å². The van der Waals surface area contributed by atoms with E-state index in [-0.39, 0.29) is 34.4 Å². The van der Waals surface area contributed by atoms with Crippen molar-refractivity contribution in [2.45, 2.75) is 11.1 Å². The zero-order valence-electron chi connectivity index (χ0n) is 14.5. The predicted molar refractivity (Wildman–Crippen MR) is 100 cm³/mol. The van der Waals surface area contributed by atoms with E-state index in [1.54, 1.807) is 0 Å². The fourth-order valence-corrected chi connectivity index (χ4v) is 3.69. The highest BCUT2D eigenvalue weighted by Crippen LogP contribution is 2.32. The maximum atomic E-state index is 12.6. The summed E-state index contributed by atoms with van der Waals surface area (Å²) >= 11 is 5.77. The van der Waals surface area contributed by atoms with Gasteiger partial charge in [-0.3, -0.25) is 0 Å². The number of aromatic nitrogens is 1. The van der Waals surface area contributed by atoms with Crippen LogP contribution < -0.4 is 15.7 Å². The Kier molecular flexibility index (Phi) is 5.82. The molecule has 0 unspecified atom stereocenters. The van der Waals surface area contributed by atoms with Gasteiger partial charge in [0, 0.05) is 30.7 Å². The van der Waals surface area contributed by atoms with Crippen molar-refractivity contribution in [3.63, 3.8) is 0 Å². The highest BCUT2D eigenvalue weighted by atomic mass is 35.5. The lowest BCUT2D eigenvalue weighted by atomic mass is 10.2. The second kappa shape index (κ2) is 8.01. The van der Waals surface area contributed by atoms with Gasteiger partial charge in [0.25, 0.3) is 0 Å². The van der Waals surface area contributed by atoms with E-state index >= 15 is 0 Å². The summed E-state index contributed by atoms with van der Waals surface area (Å²) in [5, 5.41) is 2.86. The molecule has 2 aromatic heterocycles. The van der Waals surface area contributed by atoms with Crippen LogP contribution in [-0.4, -0.2) is 26.5 Å². The third-order valence-electron chi connectivity index (χ3n) is 3.78. The number of nitrogens with zero attached hydrogens (tertiary/aromatic N) is 1. The first kappa shape index (κ1) is 21.1. The summed E-state index contributed by atoms with van der Waals surface area (Å²) in [6.45, 7) is -0.0525. The fourth-order valence-electron chi connectivity index (χ4n) is 2.39. The predicted octanol–water partition coefficient (Wildman–Crippen LogP) is 3.25. The van der Waals surface area contributed by atoms with Gasteiger partial charge >= 0.3 is 11.8 Å². The van der Waals surface area contributed by atoms with Gasteiger partial charge in [0.15, 0.2) is 0 Å². The molecule has 7 nitrogen and oxygen atoms in total. The van der Waals surface area contributed by atoms with E-state index in [2.05, 4.69) is 15.0 Å². The number of sulfonamides is 1. The molecular formula is C17H13ClF3N3O4S. The second-order valence-corrected chi connectivity index (χ2v) is 8.00. The molecule has 0 spiro atoms. The summed E-state index contributed by atoms with van der Waals surface area (Å²) in [6.07, 6.45) is -3.93. The molecule has 0 amide bonds. The van der Waals surface area contributed by atoms with Crippen molar-refractivity contribution in [1.29, 1.82) is 0 Å². The van der Waals surface area contributed by atoms with Gasteiger partial charge in [-0.2, -0.15) is 13.2 Å². The van der Waals surface area contributed by atoms with E-state index in [1.807, 2.05) is 0 Å². The van der Waals surface area contributed by atoms with Crippen LogP contribution in [0.4, 0.5) is 19.0 Å². The molecule has 0 radical (unpaired) electrons. The number of hydrogen-bond acceptors (Lipinski definition) is 6. The summed E-state index contributed by atoms with van der Waals surface area (Å²) in [4.78, 5) is 14.7. The monoisotopic (exact) mass is 447 g/mol. The molecule has 12 heteroatoms. The lowest BCUT2D eigenvalue weighted by Gasteiger charge is -2.11. The number of halogens is 4. The van der Waals surface area contributed by atoms with Crippen LogP contribution in [0.25, 0.3) is 11.0 Å². The number of nitrogens with one attached hydrogen (secondary N) is 2. The summed E-state index contributed by atoms with van der Waals surface area (Å²) in [5.41, 5.74) is -1.28. The Hall–Kier alpha value is -2.63. The van der Waals surface area contributed by atoms with Crippen molar-refractivity contribution in [2.24, 2.45) is 0 Å². The molecule has 3 rings (SSSR count). The van der Waals surface area contributed by atoms with Crippen LogP contribution in [0.15, 0.2) is 56.7 Å². The van der Waals surface area contributed by atoms with Crippen molar-refractivity contribution in [3.8, 4) is 0 Å². The first-order valence-corrected chi connectivity index (χ1v) is 9.92. The van der Waals surface area contributed by atoms with E-state index in [0.717, 1.165) is 6.07 Å². The molecule has 154 valence electrons. The average Bonchev–Trinajstić information content (AvgIpc) is 2.65. The lowest BCUT2D eigenvalue weighted by Crippen LogP contribution is -2.29. The summed E-state index contributed by atoms with van der Waals surface area (Å²) in [5.74, 6) is -0.000372. The minimum absolute atomic E-state index is 0.000372. The fraction of sp³-hybridized carbons (Fsp3) is 0.176. The minimum Gasteiger partial charge on any atom is -0.423 e. The number of alkyl halides is 3. The Morgan fingerprint density at radius 2 is 1.86 bits per heavy atom. The highest BCUT2D eigenvalue weighted by molar-refractivity contribution is 7.89. The maximum Gasteiger partial charge on any atom is 0.417 e. The van der Waals surface area contributed by atoms with Gasteiger partial charge in [-0.25, -0.2) is 22.9 Å². The number of pyridine rings is 1. The summed E-state index contributed by atoms with van der Waals surface area (Å²) in [6, 6.07) is 7.36. The quantitative estimate of drug-likeness (QED) is 0.444. The van der Waals surface area contributed by atoms with Gasteiger partial charge in [-0.15, -0.1) is 0 Å². The van der Waals surface area contributed by atoms with Gasteiger partial charge in [-0.05, 0) is 30.3 Å². The molecule has 0 atom stereocenters. The molecule has 0 bridgehead atoms. The molecule has 2 N–H and O–H groups in total. The van der Waals surface area contributed by atoms with E-state index in [0.29, 0.717) is 11.6 Å². The average molecular weight is 448 g/mol. The van der Waals surface area contributed by atoms with Crippen LogP contribution in [0, 0.1) is 0 Å². The first-order valence-electron chi connectivity index (χ1n) is 8.06. The lowest BCUT2D eigenvalue weighted by molar-refractivity contribution is -0.137. The van der Waals surface area contributed by atoms with Gasteiger partial charge in [0.1, 0.15) is 11.4 Å². The van der Waals surface area contributed by atoms with Crippen LogP contribution in [0.2, 0.25) is 5.02 Å². The molecule has 0 aliphatic carbocycles. The zero-order valence-corrected chi connectivity index (χ0v) is 16.0. The van der Waals surface area contributed by atoms with Crippen LogP contribution in [0.1, 0.15) is 5.56 Å². The molecule has 3 aromatic rings. The molecule has 0 saturated heterocycles. The van der Waals surface area contributed by atoms with Gasteiger partial charge < -0.3 is 9.73 Å². The molecular weight excluding hydrogens is 435 g/mol. The topological polar surface area (TPSA) is 101 Å². The molecule has 29 heavy (non-hydrogen) atoms. The molecule has 0 aliphatic heterocycles. The second-order valence-electron chi connectivity index (χ2n) is 5.83. The van der Waals surface area contributed by atoms with Crippen molar-refractivity contribution >= 4 is 38.4 Å². The Morgan fingerprint density at radius 1 is 1.10 bits per heavy atom. The van der Waals surface area contributed by atoms with E-state index in [1.165, 1.54) is 30.3 Å². The van der Waals surface area contributed by atoms with E-state index in [9.17, 15) is 26.4 Å². The smallest absolute Gasteiger partial charge is 0.417 e. The van der Waals surface area contributed by atoms with Crippen LogP contribution in [-0.2, 0) is 16.2 Å². The Morgan fingerprint density at radius 3 is 2.55 bits per heavy atom. The Labute approximate surface area is 167 Å². The number of anilines is 1. The van der Waals surface area contributed by atoms with E-state index in [4.69, 9.17) is 16.0 Å². The van der Waals surface area contributed by atoms with Crippen molar-refractivity contribution in [2.75, 3.05) is 18.4 Å². The third kappa shape index (κ3) is 5.05. The molecule has 0 saturated carbocycles. The number of benzene rings is 1. The van der Waals surface area contributed by atoms with Gasteiger partial charge in [0.2, 0.25) is 10.0 Å². The number of rotatable bonds is 6. The van der Waals surface area contributed by atoms with E-state index < -0.39 is 27.4 Å². The van der Waals surface area contributed by atoms with Crippen LogP contribution in [0.3, 0.4) is 0 Å². The van der Waals surface area contributed by atoms with Gasteiger partial charge in [0.05, 0.1) is 15.5 Å². The highest BCUT2D eigenvalue weighted by Gasteiger charge is 2.31. The van der Waals surface area contributed by atoms with Crippen molar-refractivity contribution in [3.05, 3.63) is 63.6 Å². The Balaban J connectivity index is 1.63. The molecule has 0 fully saturated rings. The third-order valence-corrected chi connectivity index (χ3v) is 5.53. The maximum absolute atomic E-state index is 12.6. The number of hydrogen-bond donors (Lipinski definition) is 2. The summed E-state index contributed by atoms with van der Waals surface area (Å²) in [7, 11) is -3.86. The molecule has 2 heterocycles. The minimum atomic E-state index is -4.56. The van der Waals surface area contributed by atoms with Crippen molar-refractivity contribution < 1.29 is 26.0 Å². The summed E-state index contributed by atoms with van der Waals surface area (Å²) < 4.78 is 69.8. The van der Waals surface area contributed by atoms with Crippen LogP contribution >= 0.6 is 11.6 Å². The van der Waals surface area contributed by atoms with Gasteiger partial charge in [-0.1, -0.05) is 11.6 Å². The Bertz CT molecular complexity index is 1210. The normalized spacial score (nSPS) is 12.3. The molecule has 0 aliphatic rings. The largest absolute Gasteiger partial charge is 0.423 e. The zero-order chi connectivity index (χ0) is 21.2. The first-order chi connectivity index (χ1) is 13.6. The number of fused-ring (bicyclic) bond motifs is 1. The standard InChI is InChI=1S/C17H13ClF3N3O4S/c18-13-8-11(17(19,20)21)9-23-16(13)22-5-6-24-29(26,27)12-2-3-14-10(7-12)1-4-15(25)28-14/h1-4,7-9,24H,5-6H2,(H,22,23). The van der Waals surface area contributed by atoms with Crippen LogP contribution in [0.5, 0.6) is 0 Å².